The molecule has 14 heavy (non-hydrogen) atoms. The Hall–Kier alpha value is -1.09. The molecule has 0 unspecified atom stereocenters. The fraction of sp³-hybridized carbons (Fsp3) is 0.455. The molecular weight excluding hydrogens is 179 g/mol. The summed E-state index contributed by atoms with van der Waals surface area (Å²) >= 11 is 0. The van der Waals surface area contributed by atoms with Gasteiger partial charge in [-0.3, -0.25) is 0 Å². The van der Waals surface area contributed by atoms with Crippen molar-refractivity contribution in [1.82, 2.24) is 5.32 Å². The van der Waals surface area contributed by atoms with E-state index in [4.69, 9.17) is 0 Å². The van der Waals surface area contributed by atoms with Crippen LogP contribution in [0.15, 0.2) is 24.3 Å². The summed E-state index contributed by atoms with van der Waals surface area (Å²) in [5.74, 6) is -0.186. The van der Waals surface area contributed by atoms with Crippen LogP contribution in [0, 0.1) is 5.82 Å². The van der Waals surface area contributed by atoms with Gasteiger partial charge in [0, 0.05) is 18.3 Å². The molecule has 0 bridgehead atoms. The first-order valence-corrected chi connectivity index (χ1v) is 5.07. The van der Waals surface area contributed by atoms with E-state index < -0.39 is 0 Å². The molecule has 1 atom stereocenters. The molecule has 2 nitrogen and oxygen atoms in total. The molecule has 0 spiro atoms. The van der Waals surface area contributed by atoms with Crippen LogP contribution in [-0.2, 0) is 0 Å². The van der Waals surface area contributed by atoms with Crippen molar-refractivity contribution < 1.29 is 4.39 Å². The third-order valence-electron chi connectivity index (χ3n) is 2.56. The van der Waals surface area contributed by atoms with Crippen molar-refractivity contribution in [3.05, 3.63) is 30.1 Å². The molecule has 1 aromatic rings. The molecule has 1 heterocycles. The van der Waals surface area contributed by atoms with Crippen LogP contribution in [0.5, 0.6) is 0 Å². The van der Waals surface area contributed by atoms with Crippen molar-refractivity contribution in [2.75, 3.05) is 18.4 Å². The summed E-state index contributed by atoms with van der Waals surface area (Å²) < 4.78 is 12.6. The Labute approximate surface area is 83.5 Å². The first-order valence-electron chi connectivity index (χ1n) is 5.07. The van der Waals surface area contributed by atoms with Crippen LogP contribution in [0.25, 0.3) is 0 Å². The number of benzene rings is 1. The minimum atomic E-state index is -0.186. The molecule has 1 fully saturated rings. The van der Waals surface area contributed by atoms with Crippen molar-refractivity contribution in [2.24, 2.45) is 0 Å². The highest BCUT2D eigenvalue weighted by atomic mass is 19.1. The molecule has 1 aliphatic heterocycles. The Balaban J connectivity index is 1.82. The van der Waals surface area contributed by atoms with Crippen LogP contribution in [0.1, 0.15) is 12.8 Å². The number of anilines is 1. The summed E-state index contributed by atoms with van der Waals surface area (Å²) in [4.78, 5) is 0. The van der Waals surface area contributed by atoms with Gasteiger partial charge in [0.1, 0.15) is 5.82 Å². The Kier molecular flexibility index (Phi) is 2.99. The van der Waals surface area contributed by atoms with E-state index in [1.165, 1.54) is 25.0 Å². The number of rotatable bonds is 3. The average molecular weight is 194 g/mol. The molecule has 76 valence electrons. The fourth-order valence-corrected chi connectivity index (χ4v) is 1.74. The van der Waals surface area contributed by atoms with E-state index in [0.29, 0.717) is 6.04 Å². The van der Waals surface area contributed by atoms with Gasteiger partial charge in [-0.15, -0.1) is 0 Å². The highest BCUT2D eigenvalue weighted by Gasteiger charge is 2.12. The summed E-state index contributed by atoms with van der Waals surface area (Å²) in [6, 6.07) is 7.06. The van der Waals surface area contributed by atoms with Gasteiger partial charge in [0.2, 0.25) is 0 Å². The van der Waals surface area contributed by atoms with E-state index >= 15 is 0 Å². The maximum absolute atomic E-state index is 12.6. The third-order valence-corrected chi connectivity index (χ3v) is 2.56. The van der Waals surface area contributed by atoms with Crippen molar-refractivity contribution >= 4 is 5.69 Å². The highest BCUT2D eigenvalue weighted by molar-refractivity contribution is 5.42. The van der Waals surface area contributed by atoms with Crippen LogP contribution in [0.3, 0.4) is 0 Å². The van der Waals surface area contributed by atoms with Crippen molar-refractivity contribution in [3.63, 3.8) is 0 Å². The van der Waals surface area contributed by atoms with Gasteiger partial charge < -0.3 is 10.6 Å². The van der Waals surface area contributed by atoms with Crippen molar-refractivity contribution in [2.45, 2.75) is 18.9 Å². The standard InChI is InChI=1S/C11H15FN2/c12-9-3-5-10(6-4-9)14-8-11-2-1-7-13-11/h3-6,11,13-14H,1-2,7-8H2/t11-/m1/s1. The summed E-state index contributed by atoms with van der Waals surface area (Å²) in [6.45, 7) is 2.04. The van der Waals surface area contributed by atoms with Crippen LogP contribution in [0.4, 0.5) is 10.1 Å². The maximum atomic E-state index is 12.6. The normalized spacial score (nSPS) is 21.1. The van der Waals surface area contributed by atoms with Gasteiger partial charge in [-0.1, -0.05) is 0 Å². The van der Waals surface area contributed by atoms with Gasteiger partial charge in [-0.05, 0) is 43.7 Å². The molecule has 3 heteroatoms. The minimum Gasteiger partial charge on any atom is -0.383 e. The lowest BCUT2D eigenvalue weighted by molar-refractivity contribution is 0.626. The van der Waals surface area contributed by atoms with Crippen LogP contribution < -0.4 is 10.6 Å². The second-order valence-electron chi connectivity index (χ2n) is 3.68. The molecule has 0 aromatic heterocycles. The van der Waals surface area contributed by atoms with Crippen LogP contribution in [0.2, 0.25) is 0 Å². The van der Waals surface area contributed by atoms with E-state index in [0.717, 1.165) is 18.8 Å². The zero-order valence-electron chi connectivity index (χ0n) is 8.09. The zero-order chi connectivity index (χ0) is 9.80. The van der Waals surface area contributed by atoms with Crippen molar-refractivity contribution in [1.29, 1.82) is 0 Å². The van der Waals surface area contributed by atoms with E-state index in [1.807, 2.05) is 0 Å². The monoisotopic (exact) mass is 194 g/mol. The minimum absolute atomic E-state index is 0.186. The van der Waals surface area contributed by atoms with Crippen LogP contribution in [-0.4, -0.2) is 19.1 Å². The summed E-state index contributed by atoms with van der Waals surface area (Å²) in [5, 5.41) is 6.69. The SMILES string of the molecule is Fc1ccc(NC[C@H]2CCCN2)cc1. The number of hydrogen-bond acceptors (Lipinski definition) is 2. The first kappa shape index (κ1) is 9.46. The highest BCUT2D eigenvalue weighted by Crippen LogP contribution is 2.10. The quantitative estimate of drug-likeness (QED) is 0.769. The predicted molar refractivity (Wildman–Crippen MR) is 55.9 cm³/mol. The largest absolute Gasteiger partial charge is 0.383 e. The predicted octanol–water partition coefficient (Wildman–Crippen LogP) is 1.99. The second kappa shape index (κ2) is 4.42. The summed E-state index contributed by atoms with van der Waals surface area (Å²) in [6.07, 6.45) is 2.49. The third kappa shape index (κ3) is 2.45. The van der Waals surface area contributed by atoms with Gasteiger partial charge in [0.25, 0.3) is 0 Å². The van der Waals surface area contributed by atoms with Gasteiger partial charge in [0.05, 0.1) is 0 Å². The topological polar surface area (TPSA) is 24.1 Å². The Morgan fingerprint density at radius 1 is 1.36 bits per heavy atom. The molecule has 0 radical (unpaired) electrons. The van der Waals surface area contributed by atoms with E-state index in [-0.39, 0.29) is 5.82 Å². The molecule has 0 saturated carbocycles. The lowest BCUT2D eigenvalue weighted by atomic mass is 10.2. The summed E-state index contributed by atoms with van der Waals surface area (Å²) in [7, 11) is 0. The average Bonchev–Trinajstić information content (AvgIpc) is 2.70. The molecular formula is C11H15FN2. The first-order chi connectivity index (χ1) is 6.84. The molecule has 0 aliphatic carbocycles. The molecule has 1 aliphatic rings. The van der Waals surface area contributed by atoms with E-state index in [9.17, 15) is 4.39 Å². The smallest absolute Gasteiger partial charge is 0.123 e. The molecule has 0 amide bonds. The van der Waals surface area contributed by atoms with Gasteiger partial charge in [0.15, 0.2) is 0 Å². The molecule has 2 N–H and O–H groups in total. The van der Waals surface area contributed by atoms with E-state index in [2.05, 4.69) is 10.6 Å². The molecule has 1 saturated heterocycles. The van der Waals surface area contributed by atoms with Crippen LogP contribution >= 0.6 is 0 Å². The zero-order valence-corrected chi connectivity index (χ0v) is 8.09. The van der Waals surface area contributed by atoms with Gasteiger partial charge in [-0.2, -0.15) is 0 Å². The molecule has 2 rings (SSSR count). The summed E-state index contributed by atoms with van der Waals surface area (Å²) in [5.41, 5.74) is 0.986. The molecule has 1 aromatic carbocycles. The lowest BCUT2D eigenvalue weighted by Crippen LogP contribution is -2.29. The Morgan fingerprint density at radius 2 is 2.14 bits per heavy atom. The van der Waals surface area contributed by atoms with Gasteiger partial charge >= 0.3 is 0 Å². The van der Waals surface area contributed by atoms with Gasteiger partial charge in [-0.25, -0.2) is 4.39 Å². The Bertz CT molecular complexity index is 278. The lowest BCUT2D eigenvalue weighted by Gasteiger charge is -2.12. The Morgan fingerprint density at radius 3 is 2.79 bits per heavy atom. The number of hydrogen-bond donors (Lipinski definition) is 2. The number of nitrogens with one attached hydrogen (secondary N) is 2. The number of halogens is 1. The maximum Gasteiger partial charge on any atom is 0.123 e. The van der Waals surface area contributed by atoms with Crippen molar-refractivity contribution in [3.8, 4) is 0 Å². The fourth-order valence-electron chi connectivity index (χ4n) is 1.74. The second-order valence-corrected chi connectivity index (χ2v) is 3.68. The van der Waals surface area contributed by atoms with E-state index in [1.54, 1.807) is 12.1 Å².